The normalized spacial score (nSPS) is 19.8. The topological polar surface area (TPSA) is 88.0 Å². The Morgan fingerprint density at radius 1 is 1.00 bits per heavy atom. The SMILES string of the molecule is Cn1nc(C(=O)N2CCCC(C(=O)N3CCCC3)C2)c2c1CCN(C(=O)COc1ccc(F)cc1)C2. The summed E-state index contributed by atoms with van der Waals surface area (Å²) in [5.41, 5.74) is 2.07. The number of aromatic nitrogens is 2. The fourth-order valence-electron chi connectivity index (χ4n) is 5.45. The van der Waals surface area contributed by atoms with Crippen molar-refractivity contribution < 1.29 is 23.5 Å². The van der Waals surface area contributed by atoms with Crippen molar-refractivity contribution in [2.24, 2.45) is 13.0 Å². The summed E-state index contributed by atoms with van der Waals surface area (Å²) in [5.74, 6) is -0.341. The maximum absolute atomic E-state index is 13.6. The van der Waals surface area contributed by atoms with Crippen LogP contribution in [0, 0.1) is 11.7 Å². The van der Waals surface area contributed by atoms with E-state index in [1.807, 2.05) is 11.9 Å². The standard InChI is InChI=1S/C26H32FN5O4/c1-29-22-10-14-31(23(33)17-36-20-8-6-19(27)7-9-20)16-21(22)24(28-29)26(35)32-13-4-5-18(15-32)25(34)30-11-2-3-12-30/h6-9,18H,2-5,10-17H2,1H3. The summed E-state index contributed by atoms with van der Waals surface area (Å²) in [4.78, 5) is 44.7. The van der Waals surface area contributed by atoms with E-state index >= 15 is 0 Å². The molecule has 3 amide bonds. The Kier molecular flexibility index (Phi) is 6.93. The summed E-state index contributed by atoms with van der Waals surface area (Å²) in [6.45, 7) is 3.24. The number of piperidine rings is 1. The summed E-state index contributed by atoms with van der Waals surface area (Å²) >= 11 is 0. The van der Waals surface area contributed by atoms with E-state index in [4.69, 9.17) is 4.74 Å². The number of ether oxygens (including phenoxy) is 1. The average Bonchev–Trinajstić information content (AvgIpc) is 3.56. The van der Waals surface area contributed by atoms with Gasteiger partial charge in [0, 0.05) is 64.0 Å². The van der Waals surface area contributed by atoms with Crippen LogP contribution in [0.2, 0.25) is 0 Å². The maximum Gasteiger partial charge on any atom is 0.274 e. The first kappa shape index (κ1) is 24.3. The third-order valence-electron chi connectivity index (χ3n) is 7.45. The van der Waals surface area contributed by atoms with Crippen LogP contribution in [0.25, 0.3) is 0 Å². The lowest BCUT2D eigenvalue weighted by atomic mass is 9.95. The molecule has 0 saturated carbocycles. The zero-order valence-electron chi connectivity index (χ0n) is 20.6. The molecule has 36 heavy (non-hydrogen) atoms. The average molecular weight is 498 g/mol. The van der Waals surface area contributed by atoms with Crippen LogP contribution < -0.4 is 4.74 Å². The molecule has 4 heterocycles. The lowest BCUT2D eigenvalue weighted by Gasteiger charge is -2.34. The van der Waals surface area contributed by atoms with Gasteiger partial charge < -0.3 is 19.4 Å². The number of benzene rings is 1. The predicted octanol–water partition coefficient (Wildman–Crippen LogP) is 2.00. The molecular formula is C26H32FN5O4. The van der Waals surface area contributed by atoms with E-state index in [0.717, 1.165) is 50.0 Å². The van der Waals surface area contributed by atoms with Crippen molar-refractivity contribution >= 4 is 17.7 Å². The van der Waals surface area contributed by atoms with E-state index in [0.29, 0.717) is 37.5 Å². The Morgan fingerprint density at radius 3 is 2.47 bits per heavy atom. The van der Waals surface area contributed by atoms with Crippen LogP contribution in [0.5, 0.6) is 5.75 Å². The van der Waals surface area contributed by atoms with E-state index in [1.165, 1.54) is 24.3 Å². The van der Waals surface area contributed by atoms with E-state index < -0.39 is 0 Å². The van der Waals surface area contributed by atoms with Crippen LogP contribution in [0.3, 0.4) is 0 Å². The zero-order valence-corrected chi connectivity index (χ0v) is 20.6. The number of halogens is 1. The van der Waals surface area contributed by atoms with Crippen LogP contribution in [0.15, 0.2) is 24.3 Å². The molecule has 1 aromatic heterocycles. The molecule has 0 N–H and O–H groups in total. The molecule has 0 aliphatic carbocycles. The van der Waals surface area contributed by atoms with Crippen LogP contribution in [0.1, 0.15) is 47.4 Å². The summed E-state index contributed by atoms with van der Waals surface area (Å²) in [7, 11) is 1.82. The number of likely N-dealkylation sites (tertiary alicyclic amines) is 2. The third kappa shape index (κ3) is 4.94. The van der Waals surface area contributed by atoms with Gasteiger partial charge in [0.05, 0.1) is 5.92 Å². The fourth-order valence-corrected chi connectivity index (χ4v) is 5.45. The van der Waals surface area contributed by atoms with Gasteiger partial charge in [-0.2, -0.15) is 5.10 Å². The van der Waals surface area contributed by atoms with E-state index in [9.17, 15) is 18.8 Å². The minimum Gasteiger partial charge on any atom is -0.484 e. The van der Waals surface area contributed by atoms with Crippen molar-refractivity contribution in [3.05, 3.63) is 47.0 Å². The third-order valence-corrected chi connectivity index (χ3v) is 7.45. The Morgan fingerprint density at radius 2 is 1.72 bits per heavy atom. The van der Waals surface area contributed by atoms with E-state index in [1.54, 1.807) is 14.5 Å². The molecule has 2 saturated heterocycles. The number of amides is 3. The summed E-state index contributed by atoms with van der Waals surface area (Å²) in [6.07, 6.45) is 4.27. The molecule has 0 spiro atoms. The number of nitrogens with zero attached hydrogens (tertiary/aromatic N) is 5. The Hall–Kier alpha value is -3.43. The summed E-state index contributed by atoms with van der Waals surface area (Å²) < 4.78 is 20.4. The van der Waals surface area contributed by atoms with Crippen molar-refractivity contribution in [2.75, 3.05) is 39.3 Å². The van der Waals surface area contributed by atoms with Crippen molar-refractivity contribution in [1.29, 1.82) is 0 Å². The Balaban J connectivity index is 1.25. The Bertz CT molecular complexity index is 1140. The van der Waals surface area contributed by atoms with Gasteiger partial charge in [-0.05, 0) is 49.9 Å². The second-order valence-electron chi connectivity index (χ2n) is 9.83. The van der Waals surface area contributed by atoms with Crippen molar-refractivity contribution in [2.45, 2.75) is 38.6 Å². The number of carbonyl (C=O) groups excluding carboxylic acids is 3. The van der Waals surface area contributed by atoms with Crippen LogP contribution in [-0.4, -0.2) is 81.5 Å². The minimum atomic E-state index is -0.369. The quantitative estimate of drug-likeness (QED) is 0.631. The van der Waals surface area contributed by atoms with Crippen LogP contribution in [-0.2, 0) is 29.6 Å². The lowest BCUT2D eigenvalue weighted by Crippen LogP contribution is -2.46. The van der Waals surface area contributed by atoms with Gasteiger partial charge in [-0.3, -0.25) is 19.1 Å². The van der Waals surface area contributed by atoms with Crippen molar-refractivity contribution in [3.8, 4) is 5.75 Å². The van der Waals surface area contributed by atoms with E-state index in [2.05, 4.69) is 5.10 Å². The van der Waals surface area contributed by atoms with Crippen molar-refractivity contribution in [1.82, 2.24) is 24.5 Å². The van der Waals surface area contributed by atoms with Crippen molar-refractivity contribution in [3.63, 3.8) is 0 Å². The molecule has 1 unspecified atom stereocenters. The Labute approximate surface area is 209 Å². The smallest absolute Gasteiger partial charge is 0.274 e. The monoisotopic (exact) mass is 497 g/mol. The highest BCUT2D eigenvalue weighted by molar-refractivity contribution is 5.95. The number of hydrogen-bond donors (Lipinski definition) is 0. The first-order valence-corrected chi connectivity index (χ1v) is 12.7. The first-order valence-electron chi connectivity index (χ1n) is 12.7. The molecule has 1 atom stereocenters. The number of hydrogen-bond acceptors (Lipinski definition) is 5. The van der Waals surface area contributed by atoms with Gasteiger partial charge in [-0.25, -0.2) is 4.39 Å². The van der Waals surface area contributed by atoms with Crippen LogP contribution >= 0.6 is 0 Å². The number of rotatable bonds is 5. The highest BCUT2D eigenvalue weighted by Gasteiger charge is 2.36. The molecule has 5 rings (SSSR count). The molecular weight excluding hydrogens is 465 g/mol. The molecule has 2 aromatic rings. The molecule has 3 aliphatic heterocycles. The highest BCUT2D eigenvalue weighted by Crippen LogP contribution is 2.27. The lowest BCUT2D eigenvalue weighted by molar-refractivity contribution is -0.136. The van der Waals surface area contributed by atoms with Gasteiger partial charge in [0.25, 0.3) is 11.8 Å². The van der Waals surface area contributed by atoms with Gasteiger partial charge in [-0.15, -0.1) is 0 Å². The van der Waals surface area contributed by atoms with Gasteiger partial charge >= 0.3 is 0 Å². The highest BCUT2D eigenvalue weighted by atomic mass is 19.1. The van der Waals surface area contributed by atoms with Gasteiger partial charge in [0.2, 0.25) is 5.91 Å². The molecule has 0 radical (unpaired) electrons. The molecule has 3 aliphatic rings. The second-order valence-corrected chi connectivity index (χ2v) is 9.83. The molecule has 0 bridgehead atoms. The maximum atomic E-state index is 13.6. The predicted molar refractivity (Wildman–Crippen MR) is 129 cm³/mol. The molecule has 1 aromatic carbocycles. The number of aryl methyl sites for hydroxylation is 1. The second kappa shape index (κ2) is 10.3. The fraction of sp³-hybridized carbons (Fsp3) is 0.538. The van der Waals surface area contributed by atoms with Gasteiger partial charge in [-0.1, -0.05) is 0 Å². The largest absolute Gasteiger partial charge is 0.484 e. The zero-order chi connectivity index (χ0) is 25.2. The van der Waals surface area contributed by atoms with Gasteiger partial charge in [0.1, 0.15) is 11.6 Å². The first-order chi connectivity index (χ1) is 17.4. The van der Waals surface area contributed by atoms with Crippen LogP contribution in [0.4, 0.5) is 4.39 Å². The molecule has 192 valence electrons. The minimum absolute atomic E-state index is 0.158. The number of fused-ring (bicyclic) bond motifs is 1. The number of carbonyl (C=O) groups is 3. The van der Waals surface area contributed by atoms with E-state index in [-0.39, 0.29) is 42.6 Å². The molecule has 2 fully saturated rings. The summed E-state index contributed by atoms with van der Waals surface area (Å²) in [6, 6.07) is 5.53. The molecule has 9 nitrogen and oxygen atoms in total. The molecule has 10 heteroatoms. The van der Waals surface area contributed by atoms with Gasteiger partial charge in [0.15, 0.2) is 12.3 Å². The summed E-state index contributed by atoms with van der Waals surface area (Å²) in [5, 5.41) is 4.54.